The number of nitrogens with one attached hydrogen (secondary N) is 2. The summed E-state index contributed by atoms with van der Waals surface area (Å²) in [5.41, 5.74) is 2.55. The van der Waals surface area contributed by atoms with Gasteiger partial charge in [-0.15, -0.1) is 0 Å². The SMILES string of the molecule is O=C(Cc1ccccc1Cl)NC1CCCN(c2cc(-c3ccc(F)cc3)[nH]n2)C1. The van der Waals surface area contributed by atoms with Crippen LogP contribution in [0.5, 0.6) is 0 Å². The minimum atomic E-state index is -0.264. The van der Waals surface area contributed by atoms with Crippen molar-refractivity contribution < 1.29 is 9.18 Å². The fourth-order valence-electron chi connectivity index (χ4n) is 3.65. The van der Waals surface area contributed by atoms with Gasteiger partial charge in [0.1, 0.15) is 5.82 Å². The fraction of sp³-hybridized carbons (Fsp3) is 0.273. The number of hydrogen-bond donors (Lipinski definition) is 2. The predicted molar refractivity (Wildman–Crippen MR) is 113 cm³/mol. The van der Waals surface area contributed by atoms with Gasteiger partial charge in [-0.25, -0.2) is 4.39 Å². The van der Waals surface area contributed by atoms with Gasteiger partial charge in [-0.3, -0.25) is 9.89 Å². The van der Waals surface area contributed by atoms with E-state index in [1.165, 1.54) is 12.1 Å². The number of H-pyrrole nitrogens is 1. The number of amides is 1. The average Bonchev–Trinajstić information content (AvgIpc) is 3.21. The van der Waals surface area contributed by atoms with Gasteiger partial charge in [0.05, 0.1) is 12.1 Å². The first-order valence-corrected chi connectivity index (χ1v) is 10.1. The minimum absolute atomic E-state index is 0.0287. The standard InChI is InChI=1S/C22H22ClFN4O/c23-19-6-2-1-4-16(19)12-22(29)25-18-5-3-11-28(14-18)21-13-20(26-27-21)15-7-9-17(24)10-8-15/h1-2,4,6-10,13,18H,3,5,11-12,14H2,(H,25,29)(H,26,27). The normalized spacial score (nSPS) is 16.6. The summed E-state index contributed by atoms with van der Waals surface area (Å²) in [5, 5.41) is 11.2. The zero-order valence-corrected chi connectivity index (χ0v) is 16.6. The van der Waals surface area contributed by atoms with E-state index in [1.54, 1.807) is 18.2 Å². The van der Waals surface area contributed by atoms with Crippen molar-refractivity contribution in [3.63, 3.8) is 0 Å². The average molecular weight is 413 g/mol. The van der Waals surface area contributed by atoms with Gasteiger partial charge in [-0.2, -0.15) is 5.10 Å². The number of rotatable bonds is 5. The van der Waals surface area contributed by atoms with Crippen LogP contribution in [0.1, 0.15) is 18.4 Å². The number of halogens is 2. The molecular formula is C22H22ClFN4O. The van der Waals surface area contributed by atoms with Crippen molar-refractivity contribution in [2.24, 2.45) is 0 Å². The highest BCUT2D eigenvalue weighted by Gasteiger charge is 2.23. The molecule has 0 radical (unpaired) electrons. The molecule has 4 rings (SSSR count). The molecule has 0 bridgehead atoms. The van der Waals surface area contributed by atoms with Crippen LogP contribution in [0.3, 0.4) is 0 Å². The van der Waals surface area contributed by atoms with Gasteiger partial charge in [0.2, 0.25) is 5.91 Å². The Kier molecular flexibility index (Phi) is 5.81. The van der Waals surface area contributed by atoms with Crippen LogP contribution >= 0.6 is 11.6 Å². The van der Waals surface area contributed by atoms with Gasteiger partial charge < -0.3 is 10.2 Å². The molecule has 7 heteroatoms. The van der Waals surface area contributed by atoms with Gasteiger partial charge in [0.25, 0.3) is 0 Å². The quantitative estimate of drug-likeness (QED) is 0.660. The molecular weight excluding hydrogens is 391 g/mol. The summed E-state index contributed by atoms with van der Waals surface area (Å²) in [5.74, 6) is 0.535. The molecule has 2 N–H and O–H groups in total. The zero-order chi connectivity index (χ0) is 20.2. The van der Waals surface area contributed by atoms with Gasteiger partial charge in [0.15, 0.2) is 5.82 Å². The predicted octanol–water partition coefficient (Wildman–Crippen LogP) is 4.20. The number of hydrogen-bond acceptors (Lipinski definition) is 3. The molecule has 1 unspecified atom stereocenters. The molecule has 5 nitrogen and oxygen atoms in total. The summed E-state index contributed by atoms with van der Waals surface area (Å²) >= 11 is 6.16. The molecule has 0 spiro atoms. The Bertz CT molecular complexity index is 988. The summed E-state index contributed by atoms with van der Waals surface area (Å²) in [7, 11) is 0. The van der Waals surface area contributed by atoms with Gasteiger partial charge in [0, 0.05) is 30.2 Å². The molecule has 1 saturated heterocycles. The number of carbonyl (C=O) groups is 1. The Morgan fingerprint density at radius 2 is 2.03 bits per heavy atom. The first-order valence-electron chi connectivity index (χ1n) is 9.67. The lowest BCUT2D eigenvalue weighted by molar-refractivity contribution is -0.121. The van der Waals surface area contributed by atoms with Crippen LogP contribution in [0, 0.1) is 5.82 Å². The number of anilines is 1. The lowest BCUT2D eigenvalue weighted by Crippen LogP contribution is -2.48. The van der Waals surface area contributed by atoms with Crippen molar-refractivity contribution in [1.29, 1.82) is 0 Å². The number of piperidine rings is 1. The van der Waals surface area contributed by atoms with E-state index in [1.807, 2.05) is 24.3 Å². The van der Waals surface area contributed by atoms with Crippen molar-refractivity contribution in [2.45, 2.75) is 25.3 Å². The fourth-order valence-corrected chi connectivity index (χ4v) is 3.85. The van der Waals surface area contributed by atoms with Gasteiger partial charge >= 0.3 is 0 Å². The smallest absolute Gasteiger partial charge is 0.224 e. The highest BCUT2D eigenvalue weighted by molar-refractivity contribution is 6.31. The molecule has 1 aliphatic heterocycles. The molecule has 29 heavy (non-hydrogen) atoms. The van der Waals surface area contributed by atoms with Crippen LogP contribution in [-0.2, 0) is 11.2 Å². The van der Waals surface area contributed by atoms with Gasteiger partial charge in [-0.05, 0) is 54.3 Å². The van der Waals surface area contributed by atoms with Crippen LogP contribution in [0.15, 0.2) is 54.6 Å². The highest BCUT2D eigenvalue weighted by Crippen LogP contribution is 2.24. The van der Waals surface area contributed by atoms with Crippen molar-refractivity contribution in [3.05, 3.63) is 71.0 Å². The van der Waals surface area contributed by atoms with E-state index >= 15 is 0 Å². The van der Waals surface area contributed by atoms with E-state index in [-0.39, 0.29) is 24.2 Å². The third-order valence-corrected chi connectivity index (χ3v) is 5.51. The summed E-state index contributed by atoms with van der Waals surface area (Å²) in [4.78, 5) is 14.6. The van der Waals surface area contributed by atoms with Crippen molar-refractivity contribution in [3.8, 4) is 11.3 Å². The second kappa shape index (κ2) is 8.66. The molecule has 0 saturated carbocycles. The first-order chi connectivity index (χ1) is 14.1. The molecule has 3 aromatic rings. The van der Waals surface area contributed by atoms with E-state index in [2.05, 4.69) is 20.4 Å². The maximum atomic E-state index is 13.1. The van der Waals surface area contributed by atoms with Crippen LogP contribution in [0.25, 0.3) is 11.3 Å². The Hall–Kier alpha value is -2.86. The molecule has 1 amide bonds. The van der Waals surface area contributed by atoms with E-state index < -0.39 is 0 Å². The van der Waals surface area contributed by atoms with Crippen molar-refractivity contribution >= 4 is 23.3 Å². The Labute approximate surface area is 173 Å². The number of carbonyl (C=O) groups excluding carboxylic acids is 1. The monoisotopic (exact) mass is 412 g/mol. The van der Waals surface area contributed by atoms with E-state index in [0.29, 0.717) is 11.6 Å². The summed E-state index contributed by atoms with van der Waals surface area (Å²) in [6, 6.07) is 15.7. The molecule has 1 fully saturated rings. The van der Waals surface area contributed by atoms with Crippen LogP contribution in [-0.4, -0.2) is 35.2 Å². The van der Waals surface area contributed by atoms with Crippen molar-refractivity contribution in [1.82, 2.24) is 15.5 Å². The lowest BCUT2D eigenvalue weighted by Gasteiger charge is -2.33. The zero-order valence-electron chi connectivity index (χ0n) is 15.9. The third-order valence-electron chi connectivity index (χ3n) is 5.14. The van der Waals surface area contributed by atoms with Gasteiger partial charge in [-0.1, -0.05) is 29.8 Å². The van der Waals surface area contributed by atoms with Crippen LogP contribution < -0.4 is 10.2 Å². The van der Waals surface area contributed by atoms with E-state index in [9.17, 15) is 9.18 Å². The Morgan fingerprint density at radius 1 is 1.24 bits per heavy atom. The topological polar surface area (TPSA) is 61.0 Å². The summed E-state index contributed by atoms with van der Waals surface area (Å²) in [6.07, 6.45) is 2.17. The third kappa shape index (κ3) is 4.77. The summed E-state index contributed by atoms with van der Waals surface area (Å²) in [6.45, 7) is 1.58. The Balaban J connectivity index is 1.38. The minimum Gasteiger partial charge on any atom is -0.353 e. The second-order valence-electron chi connectivity index (χ2n) is 7.27. The second-order valence-corrected chi connectivity index (χ2v) is 7.67. The maximum absolute atomic E-state index is 13.1. The molecule has 0 aliphatic carbocycles. The molecule has 150 valence electrons. The van der Waals surface area contributed by atoms with Crippen LogP contribution in [0.4, 0.5) is 10.2 Å². The van der Waals surface area contributed by atoms with Crippen LogP contribution in [0.2, 0.25) is 5.02 Å². The number of aromatic nitrogens is 2. The van der Waals surface area contributed by atoms with Crippen molar-refractivity contribution in [2.75, 3.05) is 18.0 Å². The number of nitrogens with zero attached hydrogens (tertiary/aromatic N) is 2. The number of aromatic amines is 1. The molecule has 2 aromatic carbocycles. The molecule has 1 aliphatic rings. The first kappa shape index (κ1) is 19.5. The van der Waals surface area contributed by atoms with E-state index in [0.717, 1.165) is 42.0 Å². The largest absolute Gasteiger partial charge is 0.353 e. The molecule has 1 aromatic heterocycles. The highest BCUT2D eigenvalue weighted by atomic mass is 35.5. The maximum Gasteiger partial charge on any atom is 0.224 e. The molecule has 2 heterocycles. The summed E-state index contributed by atoms with van der Waals surface area (Å²) < 4.78 is 13.1. The lowest BCUT2D eigenvalue weighted by atomic mass is 10.0. The Morgan fingerprint density at radius 3 is 2.83 bits per heavy atom. The van der Waals surface area contributed by atoms with E-state index in [4.69, 9.17) is 11.6 Å². The number of benzene rings is 2. The molecule has 1 atom stereocenters.